The first-order valence-corrected chi connectivity index (χ1v) is 7.56. The lowest BCUT2D eigenvalue weighted by Gasteiger charge is -2.13. The van der Waals surface area contributed by atoms with E-state index in [1.165, 1.54) is 0 Å². The SMILES string of the molecule is NCCC(=O)NC(N)CCCCC(=O)Cc1ccc(O)cc1. The molecule has 0 fully saturated rings. The van der Waals surface area contributed by atoms with Gasteiger partial charge in [-0.15, -0.1) is 0 Å². The number of nitrogens with two attached hydrogens (primary N) is 2. The van der Waals surface area contributed by atoms with Crippen molar-refractivity contribution in [2.75, 3.05) is 6.54 Å². The molecule has 122 valence electrons. The van der Waals surface area contributed by atoms with Gasteiger partial charge in [0.05, 0.1) is 6.17 Å². The van der Waals surface area contributed by atoms with E-state index in [0.29, 0.717) is 25.8 Å². The molecule has 0 aromatic heterocycles. The number of nitrogens with one attached hydrogen (secondary N) is 1. The van der Waals surface area contributed by atoms with Gasteiger partial charge in [-0.05, 0) is 37.0 Å². The minimum Gasteiger partial charge on any atom is -0.508 e. The summed E-state index contributed by atoms with van der Waals surface area (Å²) in [6.07, 6.45) is 2.93. The van der Waals surface area contributed by atoms with E-state index in [2.05, 4.69) is 5.32 Å². The number of rotatable bonds is 10. The quantitative estimate of drug-likeness (QED) is 0.377. The summed E-state index contributed by atoms with van der Waals surface area (Å²) in [6, 6.07) is 6.64. The first kappa shape index (κ1) is 18.1. The number of benzene rings is 1. The van der Waals surface area contributed by atoms with Gasteiger partial charge < -0.3 is 21.9 Å². The van der Waals surface area contributed by atoms with Crippen LogP contribution in [0.1, 0.15) is 37.7 Å². The Balaban J connectivity index is 2.14. The molecule has 0 aliphatic rings. The molecule has 1 unspecified atom stereocenters. The number of amides is 1. The Bertz CT molecular complexity index is 474. The maximum absolute atomic E-state index is 11.8. The van der Waals surface area contributed by atoms with E-state index in [-0.39, 0.29) is 30.0 Å². The molecule has 0 bridgehead atoms. The van der Waals surface area contributed by atoms with Crippen molar-refractivity contribution in [2.24, 2.45) is 11.5 Å². The average molecular weight is 307 g/mol. The maximum Gasteiger partial charge on any atom is 0.222 e. The summed E-state index contributed by atoms with van der Waals surface area (Å²) in [5.74, 6) is 0.215. The van der Waals surface area contributed by atoms with Crippen molar-refractivity contribution >= 4 is 11.7 Å². The second-order valence-corrected chi connectivity index (χ2v) is 5.34. The summed E-state index contributed by atoms with van der Waals surface area (Å²) in [4.78, 5) is 23.1. The topological polar surface area (TPSA) is 118 Å². The third-order valence-electron chi connectivity index (χ3n) is 3.28. The Morgan fingerprint density at radius 1 is 1.14 bits per heavy atom. The smallest absolute Gasteiger partial charge is 0.222 e. The van der Waals surface area contributed by atoms with Gasteiger partial charge in [-0.2, -0.15) is 0 Å². The fourth-order valence-electron chi connectivity index (χ4n) is 2.10. The number of unbranched alkanes of at least 4 members (excludes halogenated alkanes) is 1. The lowest BCUT2D eigenvalue weighted by Crippen LogP contribution is -2.42. The Morgan fingerprint density at radius 2 is 1.82 bits per heavy atom. The summed E-state index contributed by atoms with van der Waals surface area (Å²) in [7, 11) is 0. The molecule has 1 atom stereocenters. The van der Waals surface area contributed by atoms with Crippen molar-refractivity contribution < 1.29 is 14.7 Å². The van der Waals surface area contributed by atoms with E-state index >= 15 is 0 Å². The van der Waals surface area contributed by atoms with Crippen LogP contribution in [0.25, 0.3) is 0 Å². The number of aromatic hydroxyl groups is 1. The fraction of sp³-hybridized carbons (Fsp3) is 0.500. The van der Waals surface area contributed by atoms with Crippen LogP contribution >= 0.6 is 0 Å². The average Bonchev–Trinajstić information content (AvgIpc) is 2.46. The number of Topliss-reactive ketones (excluding diaryl/α,β-unsaturated/α-hetero) is 1. The highest BCUT2D eigenvalue weighted by Gasteiger charge is 2.08. The van der Waals surface area contributed by atoms with Crippen molar-refractivity contribution in [3.63, 3.8) is 0 Å². The predicted molar refractivity (Wildman–Crippen MR) is 85.1 cm³/mol. The van der Waals surface area contributed by atoms with Gasteiger partial charge in [-0.25, -0.2) is 0 Å². The summed E-state index contributed by atoms with van der Waals surface area (Å²) < 4.78 is 0. The summed E-state index contributed by atoms with van der Waals surface area (Å²) in [5.41, 5.74) is 12.0. The molecule has 0 spiro atoms. The molecular formula is C16H25N3O3. The van der Waals surface area contributed by atoms with E-state index in [9.17, 15) is 14.7 Å². The molecule has 0 aliphatic carbocycles. The molecule has 1 aromatic rings. The zero-order valence-electron chi connectivity index (χ0n) is 12.8. The minimum absolute atomic E-state index is 0.140. The van der Waals surface area contributed by atoms with Gasteiger partial charge in [-0.3, -0.25) is 9.59 Å². The fourth-order valence-corrected chi connectivity index (χ4v) is 2.10. The van der Waals surface area contributed by atoms with Crippen LogP contribution in [0.3, 0.4) is 0 Å². The molecule has 0 heterocycles. The lowest BCUT2D eigenvalue weighted by atomic mass is 10.0. The van der Waals surface area contributed by atoms with Gasteiger partial charge in [0.15, 0.2) is 0 Å². The molecule has 0 radical (unpaired) electrons. The van der Waals surface area contributed by atoms with Crippen LogP contribution in [0.4, 0.5) is 0 Å². The number of phenolic OH excluding ortho intramolecular Hbond substituents is 1. The van der Waals surface area contributed by atoms with E-state index in [4.69, 9.17) is 11.5 Å². The molecule has 1 amide bonds. The molecule has 1 aromatic carbocycles. The summed E-state index contributed by atoms with van der Waals surface area (Å²) in [5, 5.41) is 11.8. The predicted octanol–water partition coefficient (Wildman–Crippen LogP) is 0.814. The first-order valence-electron chi connectivity index (χ1n) is 7.56. The number of hydrogen-bond donors (Lipinski definition) is 4. The van der Waals surface area contributed by atoms with Crippen molar-refractivity contribution in [1.82, 2.24) is 5.32 Å². The zero-order chi connectivity index (χ0) is 16.4. The van der Waals surface area contributed by atoms with Gasteiger partial charge in [0.25, 0.3) is 0 Å². The number of ketones is 1. The maximum atomic E-state index is 11.8. The van der Waals surface area contributed by atoms with E-state index in [1.54, 1.807) is 24.3 Å². The van der Waals surface area contributed by atoms with Crippen molar-refractivity contribution in [1.29, 1.82) is 0 Å². The third kappa shape index (κ3) is 7.75. The lowest BCUT2D eigenvalue weighted by molar-refractivity contribution is -0.122. The van der Waals surface area contributed by atoms with Crippen LogP contribution in [0.5, 0.6) is 5.75 Å². The standard InChI is InChI=1S/C16H25N3O3/c17-10-9-16(22)19-15(18)4-2-1-3-14(21)11-12-5-7-13(20)8-6-12/h5-8,15,20H,1-4,9-11,17-18H2,(H,19,22). The monoisotopic (exact) mass is 307 g/mol. The van der Waals surface area contributed by atoms with Crippen molar-refractivity contribution in [3.8, 4) is 5.75 Å². The van der Waals surface area contributed by atoms with Gasteiger partial charge in [0.2, 0.25) is 5.91 Å². The van der Waals surface area contributed by atoms with Crippen molar-refractivity contribution in [2.45, 2.75) is 44.7 Å². The van der Waals surface area contributed by atoms with Crippen molar-refractivity contribution in [3.05, 3.63) is 29.8 Å². The molecule has 22 heavy (non-hydrogen) atoms. The highest BCUT2D eigenvalue weighted by molar-refractivity contribution is 5.80. The van der Waals surface area contributed by atoms with Crippen LogP contribution in [-0.2, 0) is 16.0 Å². The second kappa shape index (κ2) is 9.92. The molecule has 1 rings (SSSR count). The number of carbonyl (C=O) groups is 2. The molecule has 6 N–H and O–H groups in total. The largest absolute Gasteiger partial charge is 0.508 e. The zero-order valence-corrected chi connectivity index (χ0v) is 12.8. The number of hydrogen-bond acceptors (Lipinski definition) is 5. The van der Waals surface area contributed by atoms with Gasteiger partial charge in [0.1, 0.15) is 11.5 Å². The van der Waals surface area contributed by atoms with E-state index < -0.39 is 0 Å². The Hall–Kier alpha value is -1.92. The molecular weight excluding hydrogens is 282 g/mol. The van der Waals surface area contributed by atoms with Crippen LogP contribution in [0.15, 0.2) is 24.3 Å². The van der Waals surface area contributed by atoms with Crippen LogP contribution < -0.4 is 16.8 Å². The highest BCUT2D eigenvalue weighted by Crippen LogP contribution is 2.12. The third-order valence-corrected chi connectivity index (χ3v) is 3.28. The normalized spacial score (nSPS) is 11.9. The van der Waals surface area contributed by atoms with Gasteiger partial charge in [-0.1, -0.05) is 12.1 Å². The van der Waals surface area contributed by atoms with Gasteiger partial charge in [0, 0.05) is 25.8 Å². The van der Waals surface area contributed by atoms with Crippen LogP contribution in [-0.4, -0.2) is 29.5 Å². The first-order chi connectivity index (χ1) is 10.5. The van der Waals surface area contributed by atoms with Crippen LogP contribution in [0.2, 0.25) is 0 Å². The molecule has 0 aliphatic heterocycles. The Kier molecular flexibility index (Phi) is 8.17. The van der Waals surface area contributed by atoms with E-state index in [0.717, 1.165) is 18.4 Å². The van der Waals surface area contributed by atoms with Gasteiger partial charge >= 0.3 is 0 Å². The Morgan fingerprint density at radius 3 is 2.45 bits per heavy atom. The molecule has 0 saturated carbocycles. The summed E-state index contributed by atoms with van der Waals surface area (Å²) >= 11 is 0. The van der Waals surface area contributed by atoms with E-state index in [1.807, 2.05) is 0 Å². The molecule has 6 nitrogen and oxygen atoms in total. The Labute approximate surface area is 130 Å². The molecule has 0 saturated heterocycles. The summed E-state index contributed by atoms with van der Waals surface area (Å²) in [6.45, 7) is 0.310. The second-order valence-electron chi connectivity index (χ2n) is 5.34. The minimum atomic E-state index is -0.383. The van der Waals surface area contributed by atoms with Crippen LogP contribution in [0, 0.1) is 0 Å². The number of phenols is 1. The number of carbonyl (C=O) groups excluding carboxylic acids is 2. The molecule has 6 heteroatoms. The highest BCUT2D eigenvalue weighted by atomic mass is 16.3.